The van der Waals surface area contributed by atoms with Gasteiger partial charge in [-0.25, -0.2) is 16.8 Å². The van der Waals surface area contributed by atoms with E-state index in [0.717, 1.165) is 36.4 Å². The molecule has 0 bridgehead atoms. The maximum atomic E-state index is 12.4. The van der Waals surface area contributed by atoms with Crippen LogP contribution >= 0.6 is 0 Å². The second kappa shape index (κ2) is 12.5. The summed E-state index contributed by atoms with van der Waals surface area (Å²) in [5.74, 6) is -1.01. The summed E-state index contributed by atoms with van der Waals surface area (Å²) in [6.07, 6.45) is 1.66. The summed E-state index contributed by atoms with van der Waals surface area (Å²) in [4.78, 5) is 15.6. The van der Waals surface area contributed by atoms with Crippen LogP contribution in [0.1, 0.15) is 15.9 Å². The monoisotopic (exact) mass is 494 g/mol. The molecule has 0 aliphatic carbocycles. The third-order valence-corrected chi connectivity index (χ3v) is 5.27. The smallest absolute Gasteiger partial charge is 0.744 e. The zero-order chi connectivity index (χ0) is 22.5. The van der Waals surface area contributed by atoms with Crippen LogP contribution in [-0.4, -0.2) is 31.7 Å². The van der Waals surface area contributed by atoms with E-state index in [-0.39, 0.29) is 76.1 Å². The summed E-state index contributed by atoms with van der Waals surface area (Å²) < 4.78 is 68.7. The first-order valence-corrected chi connectivity index (χ1v) is 10.3. The fourth-order valence-corrected chi connectivity index (χ4v) is 3.67. The molecule has 2 rings (SSSR count). The number of rotatable bonds is 7. The van der Waals surface area contributed by atoms with Crippen molar-refractivity contribution in [1.29, 1.82) is 0 Å². The van der Waals surface area contributed by atoms with Gasteiger partial charge in [0.15, 0.2) is 5.78 Å². The Morgan fingerprint density at radius 2 is 1.31 bits per heavy atom. The van der Waals surface area contributed by atoms with Gasteiger partial charge in [0.2, 0.25) is 0 Å². The topological polar surface area (TPSA) is 229 Å². The molecule has 0 saturated heterocycles. The van der Waals surface area contributed by atoms with Crippen molar-refractivity contribution in [2.75, 3.05) is 0 Å². The quantitative estimate of drug-likeness (QED) is 0.0750. The number of carbonyl (C=O) groups excluding carboxylic acids is 1. The van der Waals surface area contributed by atoms with Crippen LogP contribution in [0.5, 0.6) is 0 Å². The Balaban J connectivity index is 0.00000480. The molecule has 13 nitrogen and oxygen atoms in total. The van der Waals surface area contributed by atoms with Crippen molar-refractivity contribution in [3.8, 4) is 0 Å². The number of carbonyl (C=O) groups is 1. The van der Waals surface area contributed by atoms with E-state index in [9.17, 15) is 30.7 Å². The summed E-state index contributed by atoms with van der Waals surface area (Å²) in [6.45, 7) is 0. The first kappa shape index (κ1) is 30.3. The number of azide groups is 2. The molecule has 0 unspecified atom stereocenters. The van der Waals surface area contributed by atoms with E-state index < -0.39 is 41.4 Å². The standard InChI is InChI=1S/C15H10N6O7S2.2Na/c16-20-18-10-3-1-9(14(7-10)29(23,24)25)2-6-13(22)12-5-4-11(19-21-17)8-15(12)30(26,27)28;;/h1-8H,(H,23,24,25)(H,26,27,28);;/q;2*+1/p-2. The van der Waals surface area contributed by atoms with Crippen molar-refractivity contribution in [3.63, 3.8) is 0 Å². The first-order valence-electron chi connectivity index (χ1n) is 7.50. The number of nitrogens with zero attached hydrogens (tertiary/aromatic N) is 6. The van der Waals surface area contributed by atoms with Crippen LogP contribution in [0.15, 0.2) is 62.5 Å². The van der Waals surface area contributed by atoms with Crippen molar-refractivity contribution < 1.29 is 89.9 Å². The van der Waals surface area contributed by atoms with E-state index in [1.165, 1.54) is 6.07 Å². The second-order valence-electron chi connectivity index (χ2n) is 5.39. The fraction of sp³-hybridized carbons (Fsp3) is 0. The van der Waals surface area contributed by atoms with Crippen molar-refractivity contribution in [3.05, 3.63) is 74.5 Å². The Kier molecular flexibility index (Phi) is 11.8. The van der Waals surface area contributed by atoms with E-state index in [1.807, 2.05) is 0 Å². The van der Waals surface area contributed by atoms with Gasteiger partial charge in [0, 0.05) is 26.8 Å². The Hall–Kier alpha value is -1.71. The molecule has 2 aromatic rings. The molecule has 0 spiro atoms. The summed E-state index contributed by atoms with van der Waals surface area (Å²) in [5.41, 5.74) is 15.6. The third kappa shape index (κ3) is 8.01. The van der Waals surface area contributed by atoms with Gasteiger partial charge >= 0.3 is 59.1 Å². The third-order valence-electron chi connectivity index (χ3n) is 3.50. The van der Waals surface area contributed by atoms with Crippen molar-refractivity contribution >= 4 is 43.5 Å². The van der Waals surface area contributed by atoms with E-state index >= 15 is 0 Å². The average Bonchev–Trinajstić information content (AvgIpc) is 2.65. The molecular weight excluding hydrogens is 486 g/mol. The van der Waals surface area contributed by atoms with Crippen LogP contribution in [0, 0.1) is 0 Å². The normalized spacial score (nSPS) is 10.8. The first-order chi connectivity index (χ1) is 14.0. The van der Waals surface area contributed by atoms with Crippen LogP contribution < -0.4 is 59.1 Å². The van der Waals surface area contributed by atoms with Crippen LogP contribution in [0.4, 0.5) is 11.4 Å². The minimum Gasteiger partial charge on any atom is -0.744 e. The van der Waals surface area contributed by atoms with Gasteiger partial charge in [0.25, 0.3) is 0 Å². The molecule has 0 radical (unpaired) electrons. The molecule has 0 atom stereocenters. The number of hydrogen-bond acceptors (Lipinski definition) is 9. The van der Waals surface area contributed by atoms with Gasteiger partial charge in [-0.15, -0.1) is 0 Å². The molecule has 0 aromatic heterocycles. The zero-order valence-electron chi connectivity index (χ0n) is 16.5. The van der Waals surface area contributed by atoms with E-state index in [0.29, 0.717) is 6.07 Å². The number of ketones is 1. The van der Waals surface area contributed by atoms with Gasteiger partial charge in [-0.05, 0) is 47.0 Å². The van der Waals surface area contributed by atoms with Crippen molar-refractivity contribution in [1.82, 2.24) is 0 Å². The summed E-state index contributed by atoms with van der Waals surface area (Å²) in [5, 5.41) is 6.33. The predicted molar refractivity (Wildman–Crippen MR) is 99.8 cm³/mol. The molecule has 0 aliphatic rings. The zero-order valence-corrected chi connectivity index (χ0v) is 22.1. The van der Waals surface area contributed by atoms with Gasteiger partial charge in [-0.2, -0.15) is 0 Å². The Morgan fingerprint density at radius 3 is 1.78 bits per heavy atom. The van der Waals surface area contributed by atoms with Gasteiger partial charge in [0.1, 0.15) is 20.2 Å². The van der Waals surface area contributed by atoms with E-state index in [1.54, 1.807) is 0 Å². The molecular formula is C15H8N6Na2O7S2. The minimum absolute atomic E-state index is 0. The predicted octanol–water partition coefficient (Wildman–Crippen LogP) is -2.72. The maximum Gasteiger partial charge on any atom is 1.00 e. The fourth-order valence-electron chi connectivity index (χ4n) is 2.28. The van der Waals surface area contributed by atoms with Gasteiger partial charge in [-0.3, -0.25) is 4.79 Å². The number of hydrogen-bond donors (Lipinski definition) is 0. The van der Waals surface area contributed by atoms with Crippen LogP contribution in [-0.2, 0) is 20.2 Å². The number of benzene rings is 2. The van der Waals surface area contributed by atoms with Gasteiger partial charge in [0.05, 0.1) is 9.79 Å². The number of allylic oxidation sites excluding steroid dienone is 1. The Bertz CT molecular complexity index is 1380. The molecule has 0 saturated carbocycles. The Morgan fingerprint density at radius 1 is 0.844 bits per heavy atom. The molecule has 0 N–H and O–H groups in total. The van der Waals surface area contributed by atoms with Gasteiger partial charge in [-0.1, -0.05) is 28.4 Å². The summed E-state index contributed by atoms with van der Waals surface area (Å²) in [6, 6.07) is 5.82. The molecule has 2 aromatic carbocycles. The van der Waals surface area contributed by atoms with Crippen LogP contribution in [0.2, 0.25) is 0 Å². The van der Waals surface area contributed by atoms with Gasteiger partial charge < -0.3 is 9.11 Å². The Labute approximate surface area is 225 Å². The molecule has 0 amide bonds. The summed E-state index contributed by atoms with van der Waals surface area (Å²) >= 11 is 0. The molecule has 0 fully saturated rings. The molecule has 0 heterocycles. The van der Waals surface area contributed by atoms with Crippen molar-refractivity contribution in [2.45, 2.75) is 9.79 Å². The SMILES string of the molecule is [N-]=[N+]=Nc1ccc(C=CC(=O)c2ccc(N=[N+]=[N-])cc2S(=O)(=O)[O-])c(S(=O)(=O)[O-])c1.[Na+].[Na+]. The molecule has 17 heteroatoms. The van der Waals surface area contributed by atoms with Crippen LogP contribution in [0.25, 0.3) is 27.0 Å². The second-order valence-corrected chi connectivity index (χ2v) is 8.08. The summed E-state index contributed by atoms with van der Waals surface area (Å²) in [7, 11) is -10.1. The van der Waals surface area contributed by atoms with E-state index in [4.69, 9.17) is 11.1 Å². The van der Waals surface area contributed by atoms with Crippen molar-refractivity contribution in [2.24, 2.45) is 10.2 Å². The maximum absolute atomic E-state index is 12.4. The molecule has 0 aliphatic heterocycles. The minimum atomic E-state index is -5.13. The van der Waals surface area contributed by atoms with Crippen LogP contribution in [0.3, 0.4) is 0 Å². The largest absolute Gasteiger partial charge is 1.00 e. The van der Waals surface area contributed by atoms with E-state index in [2.05, 4.69) is 20.1 Å². The average molecular weight is 494 g/mol. The molecule has 32 heavy (non-hydrogen) atoms. The molecule has 154 valence electrons.